The fourth-order valence-electron chi connectivity index (χ4n) is 4.81. The summed E-state index contributed by atoms with van der Waals surface area (Å²) in [6.45, 7) is 1.78. The quantitative estimate of drug-likeness (QED) is 0.291. The van der Waals surface area contributed by atoms with Crippen LogP contribution in [0.4, 0.5) is 23.0 Å². The van der Waals surface area contributed by atoms with E-state index in [2.05, 4.69) is 44.4 Å². The van der Waals surface area contributed by atoms with Gasteiger partial charge in [-0.05, 0) is 44.8 Å². The maximum Gasteiger partial charge on any atom is 0.227 e. The molecule has 0 spiro atoms. The summed E-state index contributed by atoms with van der Waals surface area (Å²) in [4.78, 5) is 13.7. The molecule has 4 aromatic rings. The molecule has 185 valence electrons. The second kappa shape index (κ2) is 9.31. The third-order valence-corrected chi connectivity index (χ3v) is 8.04. The number of halogens is 1. The maximum atomic E-state index is 6.55. The highest BCUT2D eigenvalue weighted by Gasteiger charge is 2.36. The van der Waals surface area contributed by atoms with Crippen LogP contribution in [0.3, 0.4) is 0 Å². The molecule has 2 aromatic carbocycles. The molecule has 1 atom stereocenters. The molecular weight excluding hydrogens is 490 g/mol. The van der Waals surface area contributed by atoms with Crippen LogP contribution in [0.1, 0.15) is 6.42 Å². The first-order valence-electron chi connectivity index (χ1n) is 11.7. The molecule has 36 heavy (non-hydrogen) atoms. The molecule has 1 saturated heterocycles. The number of nitrogens with zero attached hydrogens (tertiary/aromatic N) is 5. The molecule has 2 aromatic heterocycles. The van der Waals surface area contributed by atoms with E-state index in [9.17, 15) is 0 Å². The van der Waals surface area contributed by atoms with E-state index in [0.29, 0.717) is 22.4 Å². The largest absolute Gasteiger partial charge is 0.495 e. The monoisotopic (exact) mass is 518 g/mol. The molecule has 1 fully saturated rings. The van der Waals surface area contributed by atoms with Crippen LogP contribution >= 0.6 is 11.6 Å². The highest BCUT2D eigenvalue weighted by atomic mass is 35.5. The second-order valence-electron chi connectivity index (χ2n) is 9.40. The summed E-state index contributed by atoms with van der Waals surface area (Å²) in [5, 5.41) is 4.70. The summed E-state index contributed by atoms with van der Waals surface area (Å²) in [5.74, 6) is 1.23. The van der Waals surface area contributed by atoms with Crippen LogP contribution in [0.25, 0.3) is 22.2 Å². The van der Waals surface area contributed by atoms with Crippen molar-refractivity contribution in [2.75, 3.05) is 50.2 Å². The fourth-order valence-corrected chi connectivity index (χ4v) is 5.31. The Hall–Kier alpha value is -3.27. The molecule has 3 radical (unpaired) electrons. The average molecular weight is 519 g/mol. The first-order valence-corrected chi connectivity index (χ1v) is 12.6. The minimum atomic E-state index is -0.0530. The van der Waals surface area contributed by atoms with Gasteiger partial charge in [0.2, 0.25) is 5.95 Å². The van der Waals surface area contributed by atoms with E-state index in [0.717, 1.165) is 53.1 Å². The molecule has 1 aliphatic heterocycles. The van der Waals surface area contributed by atoms with E-state index >= 15 is 0 Å². The van der Waals surface area contributed by atoms with Gasteiger partial charge in [0.1, 0.15) is 5.75 Å². The number of aromatic nitrogens is 3. The van der Waals surface area contributed by atoms with E-state index in [1.165, 1.54) is 0 Å². The van der Waals surface area contributed by atoms with Gasteiger partial charge >= 0.3 is 0 Å². The van der Waals surface area contributed by atoms with Gasteiger partial charge in [0.25, 0.3) is 0 Å². The van der Waals surface area contributed by atoms with Gasteiger partial charge < -0.3 is 30.2 Å². The molecule has 0 bridgehead atoms. The topological polar surface area (TPSA) is 84.5 Å². The number of methoxy groups -OCH3 is 1. The molecule has 3 heterocycles. The van der Waals surface area contributed by atoms with Crippen LogP contribution in [0.5, 0.6) is 5.75 Å². The summed E-state index contributed by atoms with van der Waals surface area (Å²) < 4.78 is 7.57. The van der Waals surface area contributed by atoms with Crippen LogP contribution in [0.15, 0.2) is 48.8 Å². The number of nitrogens with two attached hydrogens (primary N) is 1. The fraction of sp³-hybridized carbons (Fsp3) is 0.308. The lowest BCUT2D eigenvalue weighted by Gasteiger charge is -2.32. The minimum absolute atomic E-state index is 0.0530. The Bertz CT molecular complexity index is 1440. The lowest BCUT2D eigenvalue weighted by molar-refractivity contribution is 0.270. The smallest absolute Gasteiger partial charge is 0.227 e. The lowest BCUT2D eigenvalue weighted by atomic mass is 10.1. The van der Waals surface area contributed by atoms with E-state index < -0.39 is 0 Å². The summed E-state index contributed by atoms with van der Waals surface area (Å²) in [6.07, 6.45) is 4.63. The molecule has 1 aliphatic rings. The molecule has 0 saturated carbocycles. The SMILES string of the molecule is COc1cccc2c(-c3nc(Nc4ccc(N5CC[C@]([Si])(N(C)C)C5)c(N)c4)ncc3Cl)cn(C)c12. The average Bonchev–Trinajstić information content (AvgIpc) is 3.41. The minimum Gasteiger partial charge on any atom is -0.495 e. The number of anilines is 4. The Labute approximate surface area is 219 Å². The Morgan fingerprint density at radius 1 is 1.25 bits per heavy atom. The molecule has 8 nitrogen and oxygen atoms in total. The van der Waals surface area contributed by atoms with Crippen LogP contribution in [0, 0.1) is 0 Å². The van der Waals surface area contributed by atoms with Crippen LogP contribution in [-0.4, -0.2) is 69.1 Å². The molecular formula is C26H29ClN7OSi. The van der Waals surface area contributed by atoms with Gasteiger partial charge in [-0.2, -0.15) is 0 Å². The van der Waals surface area contributed by atoms with E-state index in [1.54, 1.807) is 13.3 Å². The van der Waals surface area contributed by atoms with Gasteiger partial charge in [-0.15, -0.1) is 0 Å². The predicted octanol–water partition coefficient (Wildman–Crippen LogP) is 4.26. The number of hydrogen-bond acceptors (Lipinski definition) is 7. The van der Waals surface area contributed by atoms with Crippen molar-refractivity contribution in [1.29, 1.82) is 0 Å². The number of ether oxygens (including phenoxy) is 1. The zero-order valence-electron chi connectivity index (χ0n) is 20.8. The number of likely N-dealkylation sites (N-methyl/N-ethyl adjacent to an activating group) is 1. The molecule has 0 aliphatic carbocycles. The zero-order chi connectivity index (χ0) is 25.6. The third kappa shape index (κ3) is 4.27. The van der Waals surface area contributed by atoms with E-state index in [4.69, 9.17) is 27.1 Å². The highest BCUT2D eigenvalue weighted by Crippen LogP contribution is 2.38. The third-order valence-electron chi connectivity index (χ3n) is 6.91. The molecule has 3 N–H and O–H groups in total. The second-order valence-corrected chi connectivity index (χ2v) is 10.7. The Morgan fingerprint density at radius 3 is 2.75 bits per heavy atom. The first-order chi connectivity index (χ1) is 17.2. The Kier molecular flexibility index (Phi) is 6.32. The molecule has 0 amide bonds. The van der Waals surface area contributed by atoms with Gasteiger partial charge in [0, 0.05) is 48.1 Å². The maximum absolute atomic E-state index is 6.55. The van der Waals surface area contributed by atoms with Crippen molar-refractivity contribution in [2.24, 2.45) is 7.05 Å². The predicted molar refractivity (Wildman–Crippen MR) is 149 cm³/mol. The Balaban J connectivity index is 1.43. The highest BCUT2D eigenvalue weighted by molar-refractivity contribution is 6.33. The van der Waals surface area contributed by atoms with Crippen molar-refractivity contribution >= 4 is 55.8 Å². The standard InChI is InChI=1S/C26H29ClN7OSi/c1-32(2)26(36)10-11-34(15-26)21-9-8-16(12-20(21)28)30-25-29-13-19(27)23(31-25)18-14-33(3)24-17(18)6-5-7-22(24)35-4/h5-9,12-14H,10-11,15,28H2,1-4H3,(H,29,30,31)/t26-/m1/s1. The molecule has 5 rings (SSSR count). The van der Waals surface area contributed by atoms with Gasteiger partial charge in [-0.25, -0.2) is 9.97 Å². The van der Waals surface area contributed by atoms with Crippen LogP contribution in [-0.2, 0) is 7.05 Å². The molecule has 10 heteroatoms. The number of nitrogen functional groups attached to an aromatic ring is 1. The first kappa shape index (κ1) is 24.4. The van der Waals surface area contributed by atoms with Crippen molar-refractivity contribution in [1.82, 2.24) is 19.4 Å². The van der Waals surface area contributed by atoms with Crippen molar-refractivity contribution in [3.8, 4) is 17.0 Å². The summed E-state index contributed by atoms with van der Waals surface area (Å²) in [7, 11) is 11.8. The molecule has 0 unspecified atom stereocenters. The number of nitrogens with one attached hydrogen (secondary N) is 1. The summed E-state index contributed by atoms with van der Waals surface area (Å²) >= 11 is 6.55. The number of para-hydroxylation sites is 1. The van der Waals surface area contributed by atoms with E-state index in [-0.39, 0.29) is 5.16 Å². The lowest BCUT2D eigenvalue weighted by Crippen LogP contribution is -2.47. The van der Waals surface area contributed by atoms with Crippen molar-refractivity contribution in [3.05, 3.63) is 53.8 Å². The number of fused-ring (bicyclic) bond motifs is 1. The van der Waals surface area contributed by atoms with Gasteiger partial charge in [0.15, 0.2) is 0 Å². The summed E-state index contributed by atoms with van der Waals surface area (Å²) in [6, 6.07) is 11.9. The van der Waals surface area contributed by atoms with Crippen LogP contribution in [0.2, 0.25) is 5.02 Å². The van der Waals surface area contributed by atoms with Gasteiger partial charge in [-0.3, -0.25) is 0 Å². The van der Waals surface area contributed by atoms with Crippen molar-refractivity contribution < 1.29 is 4.74 Å². The van der Waals surface area contributed by atoms with Crippen molar-refractivity contribution in [2.45, 2.75) is 11.6 Å². The van der Waals surface area contributed by atoms with E-state index in [1.807, 2.05) is 54.2 Å². The number of hydrogen-bond donors (Lipinski definition) is 2. The number of benzene rings is 2. The summed E-state index contributed by atoms with van der Waals surface area (Å²) in [5.41, 5.74) is 11.5. The normalized spacial score (nSPS) is 17.8. The van der Waals surface area contributed by atoms with Gasteiger partial charge in [-0.1, -0.05) is 23.7 Å². The number of rotatable bonds is 6. The Morgan fingerprint density at radius 2 is 2.06 bits per heavy atom. The number of aryl methyl sites for hydroxylation is 1. The van der Waals surface area contributed by atoms with Gasteiger partial charge in [0.05, 0.1) is 51.2 Å². The zero-order valence-corrected chi connectivity index (χ0v) is 22.6. The van der Waals surface area contributed by atoms with Crippen LogP contribution < -0.4 is 20.7 Å². The van der Waals surface area contributed by atoms with Crippen molar-refractivity contribution in [3.63, 3.8) is 0 Å².